The van der Waals surface area contributed by atoms with Crippen molar-refractivity contribution in [1.82, 2.24) is 5.32 Å². The maximum Gasteiger partial charge on any atom is 0.0859 e. The molecule has 4 heteroatoms. The minimum atomic E-state index is -0.491. The van der Waals surface area contributed by atoms with E-state index < -0.39 is 6.10 Å². The molecule has 0 amide bonds. The monoisotopic (exact) mass is 296 g/mol. The largest absolute Gasteiger partial charge is 0.398 e. The number of nitrogens with two attached hydrogens (primary N) is 1. The van der Waals surface area contributed by atoms with Crippen LogP contribution in [0.15, 0.2) is 18.2 Å². The topological polar surface area (TPSA) is 58.3 Å². The maximum atomic E-state index is 10.9. The van der Waals surface area contributed by atoms with Gasteiger partial charge in [-0.15, -0.1) is 0 Å². The molecule has 0 saturated carbocycles. The molecular weight excluding hydrogens is 272 g/mol. The minimum absolute atomic E-state index is 0.0796. The molecule has 1 aromatic carbocycles. The van der Waals surface area contributed by atoms with Crippen LogP contribution in [-0.4, -0.2) is 18.2 Å². The molecule has 0 aromatic heterocycles. The average Bonchev–Trinajstić information content (AvgIpc) is 2.89. The van der Waals surface area contributed by atoms with E-state index in [0.29, 0.717) is 16.6 Å². The molecule has 1 fully saturated rings. The Labute approximate surface area is 126 Å². The highest BCUT2D eigenvalue weighted by atomic mass is 35.5. The summed E-state index contributed by atoms with van der Waals surface area (Å²) in [6.45, 7) is 6.28. The number of aliphatic hydroxyl groups excluding tert-OH is 1. The van der Waals surface area contributed by atoms with E-state index in [1.165, 1.54) is 0 Å². The smallest absolute Gasteiger partial charge is 0.0859 e. The fourth-order valence-corrected chi connectivity index (χ4v) is 3.18. The fraction of sp³-hybridized carbons (Fsp3) is 0.625. The van der Waals surface area contributed by atoms with Crippen LogP contribution in [0.1, 0.15) is 44.8 Å². The molecule has 3 nitrogen and oxygen atoms in total. The Morgan fingerprint density at radius 2 is 2.20 bits per heavy atom. The van der Waals surface area contributed by atoms with E-state index >= 15 is 0 Å². The van der Waals surface area contributed by atoms with Crippen molar-refractivity contribution in [3.8, 4) is 0 Å². The lowest BCUT2D eigenvalue weighted by atomic mass is 9.73. The lowest BCUT2D eigenvalue weighted by Gasteiger charge is -2.34. The van der Waals surface area contributed by atoms with Crippen molar-refractivity contribution in [2.75, 3.05) is 18.8 Å². The first kappa shape index (κ1) is 15.6. The normalized spacial score (nSPS) is 24.2. The zero-order valence-electron chi connectivity index (χ0n) is 12.3. The summed E-state index contributed by atoms with van der Waals surface area (Å²) in [6.07, 6.45) is 2.67. The molecule has 4 N–H and O–H groups in total. The van der Waals surface area contributed by atoms with Crippen LogP contribution in [0.3, 0.4) is 0 Å². The van der Waals surface area contributed by atoms with Gasteiger partial charge in [-0.3, -0.25) is 0 Å². The van der Waals surface area contributed by atoms with Crippen molar-refractivity contribution in [1.29, 1.82) is 0 Å². The van der Waals surface area contributed by atoms with Crippen molar-refractivity contribution in [3.63, 3.8) is 0 Å². The second-order valence-electron chi connectivity index (χ2n) is 6.41. The number of rotatable bonds is 5. The molecule has 0 spiro atoms. The van der Waals surface area contributed by atoms with E-state index in [1.54, 1.807) is 12.1 Å². The van der Waals surface area contributed by atoms with Gasteiger partial charge in [-0.1, -0.05) is 37.9 Å². The van der Waals surface area contributed by atoms with Crippen LogP contribution in [0.5, 0.6) is 0 Å². The fourth-order valence-electron chi connectivity index (χ4n) is 2.99. The van der Waals surface area contributed by atoms with Crippen molar-refractivity contribution >= 4 is 17.3 Å². The summed E-state index contributed by atoms with van der Waals surface area (Å²) in [7, 11) is 0. The van der Waals surface area contributed by atoms with E-state index in [2.05, 4.69) is 19.2 Å². The van der Waals surface area contributed by atoms with Gasteiger partial charge < -0.3 is 16.2 Å². The van der Waals surface area contributed by atoms with E-state index in [0.717, 1.165) is 37.9 Å². The Morgan fingerprint density at radius 3 is 2.75 bits per heavy atom. The van der Waals surface area contributed by atoms with Crippen molar-refractivity contribution < 1.29 is 5.11 Å². The molecule has 0 bridgehead atoms. The van der Waals surface area contributed by atoms with E-state index in [-0.39, 0.29) is 5.41 Å². The SMILES string of the molecule is CC(C)CCC1(C(O)c2ccc(N)c(Cl)c2)CCNC1. The van der Waals surface area contributed by atoms with E-state index in [4.69, 9.17) is 17.3 Å². The van der Waals surface area contributed by atoms with Gasteiger partial charge in [-0.25, -0.2) is 0 Å². The van der Waals surface area contributed by atoms with Crippen molar-refractivity contribution in [2.24, 2.45) is 11.3 Å². The van der Waals surface area contributed by atoms with Gasteiger partial charge in [0.05, 0.1) is 16.8 Å². The van der Waals surface area contributed by atoms with Gasteiger partial charge in [0.15, 0.2) is 0 Å². The van der Waals surface area contributed by atoms with Gasteiger partial charge >= 0.3 is 0 Å². The first-order valence-electron chi connectivity index (χ1n) is 7.38. The summed E-state index contributed by atoms with van der Waals surface area (Å²) >= 11 is 6.09. The van der Waals surface area contributed by atoms with E-state index in [9.17, 15) is 5.11 Å². The Morgan fingerprint density at radius 1 is 1.45 bits per heavy atom. The standard InChI is InChI=1S/C16H25ClN2O/c1-11(2)5-6-16(7-8-19-10-16)15(20)12-3-4-14(18)13(17)9-12/h3-4,9,11,15,19-20H,5-8,10,18H2,1-2H3. The number of hydrogen-bond donors (Lipinski definition) is 3. The van der Waals surface area contributed by atoms with Crippen LogP contribution >= 0.6 is 11.6 Å². The third-order valence-electron chi connectivity index (χ3n) is 4.42. The third-order valence-corrected chi connectivity index (χ3v) is 4.74. The highest BCUT2D eigenvalue weighted by molar-refractivity contribution is 6.33. The number of nitrogen functional groups attached to an aromatic ring is 1. The number of benzene rings is 1. The molecule has 1 saturated heterocycles. The van der Waals surface area contributed by atoms with Gasteiger partial charge in [-0.2, -0.15) is 0 Å². The average molecular weight is 297 g/mol. The lowest BCUT2D eigenvalue weighted by molar-refractivity contribution is 0.0263. The number of nitrogens with one attached hydrogen (secondary N) is 1. The third kappa shape index (κ3) is 3.27. The molecule has 20 heavy (non-hydrogen) atoms. The van der Waals surface area contributed by atoms with Crippen LogP contribution in [0.2, 0.25) is 5.02 Å². The first-order chi connectivity index (χ1) is 9.44. The summed E-state index contributed by atoms with van der Waals surface area (Å²) in [5.74, 6) is 0.648. The molecule has 112 valence electrons. The predicted octanol–water partition coefficient (Wildman–Crippen LogP) is 3.37. The van der Waals surface area contributed by atoms with Crippen molar-refractivity contribution in [2.45, 2.75) is 39.2 Å². The number of hydrogen-bond acceptors (Lipinski definition) is 3. The van der Waals surface area contributed by atoms with Crippen LogP contribution < -0.4 is 11.1 Å². The second kappa shape index (κ2) is 6.33. The lowest BCUT2D eigenvalue weighted by Crippen LogP contribution is -2.32. The second-order valence-corrected chi connectivity index (χ2v) is 6.81. The Hall–Kier alpha value is -0.770. The van der Waals surface area contributed by atoms with Crippen LogP contribution in [-0.2, 0) is 0 Å². The summed E-state index contributed by atoms with van der Waals surface area (Å²) in [4.78, 5) is 0. The van der Waals surface area contributed by atoms with Crippen LogP contribution in [0.25, 0.3) is 0 Å². The molecular formula is C16H25ClN2O. The predicted molar refractivity (Wildman–Crippen MR) is 84.8 cm³/mol. The van der Waals surface area contributed by atoms with Gasteiger partial charge in [-0.05, 0) is 43.0 Å². The quantitative estimate of drug-likeness (QED) is 0.730. The Bertz CT molecular complexity index is 456. The van der Waals surface area contributed by atoms with Gasteiger partial charge in [0.2, 0.25) is 0 Å². The maximum absolute atomic E-state index is 10.9. The molecule has 2 atom stereocenters. The zero-order chi connectivity index (χ0) is 14.8. The Kier molecular flexibility index (Phi) is 4.95. The first-order valence-corrected chi connectivity index (χ1v) is 7.76. The molecule has 0 aliphatic carbocycles. The number of anilines is 1. The molecule has 2 unspecified atom stereocenters. The molecule has 0 radical (unpaired) electrons. The summed E-state index contributed by atoms with van der Waals surface area (Å²) in [6, 6.07) is 5.47. The van der Waals surface area contributed by atoms with Crippen molar-refractivity contribution in [3.05, 3.63) is 28.8 Å². The molecule has 1 aliphatic rings. The molecule has 2 rings (SSSR count). The summed E-state index contributed by atoms with van der Waals surface area (Å²) < 4.78 is 0. The molecule has 1 aliphatic heterocycles. The zero-order valence-corrected chi connectivity index (χ0v) is 13.1. The van der Waals surface area contributed by atoms with Gasteiger partial charge in [0.25, 0.3) is 0 Å². The number of aliphatic hydroxyl groups is 1. The van der Waals surface area contributed by atoms with Gasteiger partial charge in [0, 0.05) is 12.0 Å². The molecule has 1 aromatic rings. The van der Waals surface area contributed by atoms with E-state index in [1.807, 2.05) is 6.07 Å². The highest BCUT2D eigenvalue weighted by Gasteiger charge is 2.41. The Balaban J connectivity index is 2.21. The van der Waals surface area contributed by atoms with Crippen LogP contribution in [0, 0.1) is 11.3 Å². The molecule has 1 heterocycles. The minimum Gasteiger partial charge on any atom is -0.398 e. The summed E-state index contributed by atoms with van der Waals surface area (Å²) in [5, 5.41) is 14.8. The number of halogens is 1. The van der Waals surface area contributed by atoms with Crippen LogP contribution in [0.4, 0.5) is 5.69 Å². The van der Waals surface area contributed by atoms with Gasteiger partial charge in [0.1, 0.15) is 0 Å². The highest BCUT2D eigenvalue weighted by Crippen LogP contribution is 2.44. The summed E-state index contributed by atoms with van der Waals surface area (Å²) in [5.41, 5.74) is 7.10.